The number of alkyl halides is 3. The van der Waals surface area contributed by atoms with Crippen molar-refractivity contribution in [3.63, 3.8) is 0 Å². The number of carbonyl (C=O) groups excluding carboxylic acids is 1. The lowest BCUT2D eigenvalue weighted by Gasteiger charge is -2.11. The van der Waals surface area contributed by atoms with Crippen LogP contribution >= 0.6 is 11.6 Å². The second-order valence-electron chi connectivity index (χ2n) is 5.70. The maximum Gasteiger partial charge on any atom is 0.497 e. The number of ether oxygens (including phenoxy) is 1. The van der Waals surface area contributed by atoms with Gasteiger partial charge in [0.25, 0.3) is 9.84 Å². The summed E-state index contributed by atoms with van der Waals surface area (Å²) in [6.07, 6.45) is -0.785. The Balaban J connectivity index is 2.35. The van der Waals surface area contributed by atoms with Gasteiger partial charge in [0.2, 0.25) is 0 Å². The standard InChI is InChI=1S/C18H16ClF3N2O4S/c1-2-28-17(25)24-23-16(14-7-9-15(19)10-8-14)13-5-3-12(4-6-13)11-29(26,27)18(20,21)22/h3-10H,2,11H2,1H3,(H,24,25)/b23-16+. The fraction of sp³-hybridized carbons (Fsp3) is 0.222. The van der Waals surface area contributed by atoms with Gasteiger partial charge in [0, 0.05) is 16.1 Å². The van der Waals surface area contributed by atoms with E-state index in [-0.39, 0.29) is 17.9 Å². The Morgan fingerprint density at radius 1 is 1.07 bits per heavy atom. The molecule has 0 aliphatic rings. The van der Waals surface area contributed by atoms with Gasteiger partial charge < -0.3 is 4.74 Å². The molecule has 0 aliphatic carbocycles. The first kappa shape index (κ1) is 22.7. The number of amides is 1. The highest BCUT2D eigenvalue weighted by Crippen LogP contribution is 2.27. The van der Waals surface area contributed by atoms with Crippen LogP contribution in [0.3, 0.4) is 0 Å². The molecule has 29 heavy (non-hydrogen) atoms. The Labute approximate surface area is 170 Å². The van der Waals surface area contributed by atoms with E-state index in [4.69, 9.17) is 16.3 Å². The number of hydrazone groups is 1. The van der Waals surface area contributed by atoms with Crippen molar-refractivity contribution in [3.05, 3.63) is 70.2 Å². The van der Waals surface area contributed by atoms with Gasteiger partial charge in [-0.1, -0.05) is 48.0 Å². The van der Waals surface area contributed by atoms with Crippen molar-refractivity contribution in [2.75, 3.05) is 6.61 Å². The zero-order chi connectivity index (χ0) is 21.7. The molecule has 0 heterocycles. The highest BCUT2D eigenvalue weighted by Gasteiger charge is 2.45. The summed E-state index contributed by atoms with van der Waals surface area (Å²) in [5.41, 5.74) is -1.89. The van der Waals surface area contributed by atoms with Crippen LogP contribution in [0.5, 0.6) is 0 Å². The van der Waals surface area contributed by atoms with E-state index < -0.39 is 27.2 Å². The van der Waals surface area contributed by atoms with Crippen molar-refractivity contribution in [2.45, 2.75) is 18.2 Å². The van der Waals surface area contributed by atoms with Crippen molar-refractivity contribution in [1.29, 1.82) is 0 Å². The third kappa shape index (κ3) is 6.20. The second kappa shape index (κ2) is 9.27. The Morgan fingerprint density at radius 3 is 2.07 bits per heavy atom. The first-order valence-electron chi connectivity index (χ1n) is 8.18. The van der Waals surface area contributed by atoms with Gasteiger partial charge in [-0.15, -0.1) is 0 Å². The summed E-state index contributed by atoms with van der Waals surface area (Å²) < 4.78 is 65.0. The number of carbonyl (C=O) groups is 1. The van der Waals surface area contributed by atoms with Gasteiger partial charge in [-0.2, -0.15) is 18.3 Å². The van der Waals surface area contributed by atoms with E-state index in [2.05, 4.69) is 10.5 Å². The number of nitrogens with one attached hydrogen (secondary N) is 1. The van der Waals surface area contributed by atoms with Crippen LogP contribution < -0.4 is 5.43 Å². The van der Waals surface area contributed by atoms with Crippen molar-refractivity contribution < 1.29 is 31.1 Å². The summed E-state index contributed by atoms with van der Waals surface area (Å²) >= 11 is 5.87. The third-order valence-electron chi connectivity index (χ3n) is 3.59. The van der Waals surface area contributed by atoms with Crippen molar-refractivity contribution in [3.8, 4) is 0 Å². The molecule has 2 aromatic rings. The molecule has 0 spiro atoms. The van der Waals surface area contributed by atoms with Crippen LogP contribution in [0.1, 0.15) is 23.6 Å². The van der Waals surface area contributed by atoms with Crippen LogP contribution in [0.4, 0.5) is 18.0 Å². The predicted molar refractivity (Wildman–Crippen MR) is 102 cm³/mol. The van der Waals surface area contributed by atoms with E-state index in [1.165, 1.54) is 24.3 Å². The predicted octanol–water partition coefficient (Wildman–Crippen LogP) is 4.27. The van der Waals surface area contributed by atoms with E-state index in [9.17, 15) is 26.4 Å². The van der Waals surface area contributed by atoms with Crippen molar-refractivity contribution in [2.24, 2.45) is 5.10 Å². The molecule has 0 unspecified atom stereocenters. The van der Waals surface area contributed by atoms with Gasteiger partial charge in [0.15, 0.2) is 0 Å². The number of sulfone groups is 1. The maximum absolute atomic E-state index is 12.5. The van der Waals surface area contributed by atoms with E-state index in [1.807, 2.05) is 0 Å². The number of rotatable bonds is 6. The summed E-state index contributed by atoms with van der Waals surface area (Å²) in [7, 11) is -5.29. The molecular formula is C18H16ClF3N2O4S. The quantitative estimate of drug-likeness (QED) is 0.528. The SMILES string of the molecule is CCOC(=O)N/N=C(/c1ccc(Cl)cc1)c1ccc(CS(=O)(=O)C(F)(F)F)cc1. The van der Waals surface area contributed by atoms with E-state index in [0.717, 1.165) is 0 Å². The van der Waals surface area contributed by atoms with Gasteiger partial charge in [0.05, 0.1) is 18.1 Å². The van der Waals surface area contributed by atoms with Crippen molar-refractivity contribution >= 4 is 33.2 Å². The summed E-state index contributed by atoms with van der Waals surface area (Å²) in [5.74, 6) is -1.18. The topological polar surface area (TPSA) is 84.8 Å². The largest absolute Gasteiger partial charge is 0.497 e. The van der Waals surface area contributed by atoms with E-state index in [1.54, 1.807) is 31.2 Å². The zero-order valence-corrected chi connectivity index (χ0v) is 16.6. The number of hydrogen-bond acceptors (Lipinski definition) is 5. The average Bonchev–Trinajstić information content (AvgIpc) is 2.63. The summed E-state index contributed by atoms with van der Waals surface area (Å²) in [6.45, 7) is 1.76. The molecule has 156 valence electrons. The first-order valence-corrected chi connectivity index (χ1v) is 10.2. The smallest absolute Gasteiger partial charge is 0.449 e. The van der Waals surface area contributed by atoms with E-state index in [0.29, 0.717) is 16.1 Å². The molecule has 2 aromatic carbocycles. The normalized spacial score (nSPS) is 12.5. The summed E-state index contributed by atoms with van der Waals surface area (Å²) in [6, 6.07) is 11.8. The highest BCUT2D eigenvalue weighted by atomic mass is 35.5. The minimum Gasteiger partial charge on any atom is -0.449 e. The Hall–Kier alpha value is -2.59. The van der Waals surface area contributed by atoms with Crippen LogP contribution in [-0.2, 0) is 20.3 Å². The number of halogens is 4. The van der Waals surface area contributed by atoms with Crippen LogP contribution in [0.15, 0.2) is 53.6 Å². The molecule has 1 amide bonds. The fourth-order valence-electron chi connectivity index (χ4n) is 2.23. The lowest BCUT2D eigenvalue weighted by molar-refractivity contribution is -0.0437. The van der Waals surface area contributed by atoms with Crippen LogP contribution in [0, 0.1) is 0 Å². The van der Waals surface area contributed by atoms with Crippen LogP contribution in [-0.4, -0.2) is 32.3 Å². The monoisotopic (exact) mass is 448 g/mol. The van der Waals surface area contributed by atoms with Gasteiger partial charge in [0.1, 0.15) is 0 Å². The molecule has 0 saturated heterocycles. The third-order valence-corrected chi connectivity index (χ3v) is 5.26. The van der Waals surface area contributed by atoms with Crippen molar-refractivity contribution in [1.82, 2.24) is 5.43 Å². The molecule has 2 rings (SSSR count). The summed E-state index contributed by atoms with van der Waals surface area (Å²) in [4.78, 5) is 11.5. The highest BCUT2D eigenvalue weighted by molar-refractivity contribution is 7.91. The second-order valence-corrected chi connectivity index (χ2v) is 8.12. The minimum absolute atomic E-state index is 0.0418. The van der Waals surface area contributed by atoms with Gasteiger partial charge in [-0.25, -0.2) is 18.6 Å². The molecule has 1 N–H and O–H groups in total. The number of hydrogen-bond donors (Lipinski definition) is 1. The van der Waals surface area contributed by atoms with Crippen LogP contribution in [0.2, 0.25) is 5.02 Å². The number of nitrogens with zero attached hydrogens (tertiary/aromatic N) is 1. The van der Waals surface area contributed by atoms with Gasteiger partial charge in [-0.05, 0) is 24.6 Å². The van der Waals surface area contributed by atoms with Gasteiger partial charge >= 0.3 is 11.6 Å². The molecule has 0 bridgehead atoms. The Morgan fingerprint density at radius 2 is 1.59 bits per heavy atom. The lowest BCUT2D eigenvalue weighted by atomic mass is 10.0. The molecule has 0 aromatic heterocycles. The fourth-order valence-corrected chi connectivity index (χ4v) is 3.15. The average molecular weight is 449 g/mol. The summed E-state index contributed by atoms with van der Waals surface area (Å²) in [5, 5.41) is 4.48. The first-order chi connectivity index (χ1) is 13.5. The minimum atomic E-state index is -5.33. The maximum atomic E-state index is 12.5. The molecule has 0 saturated carbocycles. The number of benzene rings is 2. The van der Waals surface area contributed by atoms with E-state index >= 15 is 0 Å². The molecule has 0 aliphatic heterocycles. The molecular weight excluding hydrogens is 433 g/mol. The Bertz CT molecular complexity index is 989. The van der Waals surface area contributed by atoms with Gasteiger partial charge in [-0.3, -0.25) is 0 Å². The molecule has 0 atom stereocenters. The molecule has 0 fully saturated rings. The molecule has 11 heteroatoms. The Kier molecular flexibility index (Phi) is 7.26. The molecule has 6 nitrogen and oxygen atoms in total. The molecule has 0 radical (unpaired) electrons. The van der Waals surface area contributed by atoms with Crippen LogP contribution in [0.25, 0.3) is 0 Å². The zero-order valence-electron chi connectivity index (χ0n) is 15.0. The lowest BCUT2D eigenvalue weighted by Crippen LogP contribution is -2.24.